The summed E-state index contributed by atoms with van der Waals surface area (Å²) in [4.78, 5) is 9.12. The van der Waals surface area contributed by atoms with Crippen molar-refractivity contribution in [1.82, 2.24) is 19.7 Å². The quantitative estimate of drug-likeness (QED) is 0.915. The first-order valence-corrected chi connectivity index (χ1v) is 6.96. The second-order valence-electron chi connectivity index (χ2n) is 5.06. The topological polar surface area (TPSA) is 69.6 Å². The highest BCUT2D eigenvalue weighted by molar-refractivity contribution is 5.57. The summed E-state index contributed by atoms with van der Waals surface area (Å²) in [5.74, 6) is 1.35. The van der Waals surface area contributed by atoms with Gasteiger partial charge in [0.2, 0.25) is 0 Å². The maximum absolute atomic E-state index is 6.07. The van der Waals surface area contributed by atoms with Crippen molar-refractivity contribution in [2.45, 2.75) is 45.6 Å². The molecule has 0 aliphatic heterocycles. The lowest BCUT2D eigenvalue weighted by Gasteiger charge is -2.16. The second-order valence-corrected chi connectivity index (χ2v) is 5.06. The molecule has 0 bridgehead atoms. The first kappa shape index (κ1) is 12.1. The summed E-state index contributed by atoms with van der Waals surface area (Å²) in [7, 11) is 0. The minimum atomic E-state index is 0.642. The summed E-state index contributed by atoms with van der Waals surface area (Å²) < 4.78 is 1.92. The van der Waals surface area contributed by atoms with Crippen molar-refractivity contribution in [1.29, 1.82) is 0 Å². The number of hydrogen-bond acceptors (Lipinski definition) is 4. The van der Waals surface area contributed by atoms with E-state index in [9.17, 15) is 0 Å². The molecule has 1 aliphatic rings. The molecule has 2 aromatic rings. The van der Waals surface area contributed by atoms with Crippen molar-refractivity contribution in [3.05, 3.63) is 23.7 Å². The van der Waals surface area contributed by atoms with Crippen LogP contribution in [-0.4, -0.2) is 19.7 Å². The Morgan fingerprint density at radius 2 is 2.11 bits per heavy atom. The summed E-state index contributed by atoms with van der Waals surface area (Å²) in [5, 5.41) is 4.32. The van der Waals surface area contributed by atoms with Crippen LogP contribution in [0, 0.1) is 0 Å². The van der Waals surface area contributed by atoms with Crippen LogP contribution in [0.1, 0.15) is 37.4 Å². The van der Waals surface area contributed by atoms with Gasteiger partial charge in [-0.3, -0.25) is 4.68 Å². The molecule has 0 fully saturated rings. The fraction of sp³-hybridized carbons (Fsp3) is 0.500. The Balaban J connectivity index is 1.97. The number of aryl methyl sites for hydroxylation is 2. The summed E-state index contributed by atoms with van der Waals surface area (Å²) in [6.45, 7) is 3.05. The van der Waals surface area contributed by atoms with Gasteiger partial charge in [0.05, 0.1) is 11.8 Å². The number of hydrogen-bond donors (Lipinski definition) is 1. The zero-order valence-electron chi connectivity index (χ0n) is 11.3. The van der Waals surface area contributed by atoms with Crippen LogP contribution >= 0.6 is 0 Å². The lowest BCUT2D eigenvalue weighted by molar-refractivity contribution is 0.603. The number of rotatable bonds is 3. The molecule has 19 heavy (non-hydrogen) atoms. The molecular formula is C14H19N5. The van der Waals surface area contributed by atoms with Crippen molar-refractivity contribution in [3.8, 4) is 11.4 Å². The van der Waals surface area contributed by atoms with E-state index in [4.69, 9.17) is 5.73 Å². The molecule has 0 spiro atoms. The number of nitrogen functional groups attached to an aromatic ring is 1. The highest BCUT2D eigenvalue weighted by atomic mass is 15.3. The average Bonchev–Trinajstić information content (AvgIpc) is 2.88. The van der Waals surface area contributed by atoms with Gasteiger partial charge in [-0.05, 0) is 32.1 Å². The normalized spacial score (nSPS) is 14.4. The molecule has 0 atom stereocenters. The molecule has 5 nitrogen and oxygen atoms in total. The lowest BCUT2D eigenvalue weighted by Crippen LogP contribution is -2.11. The van der Waals surface area contributed by atoms with Crippen molar-refractivity contribution in [2.24, 2.45) is 0 Å². The Hall–Kier alpha value is -1.91. The smallest absolute Gasteiger partial charge is 0.164 e. The molecule has 3 rings (SSSR count). The van der Waals surface area contributed by atoms with Crippen LogP contribution in [0.2, 0.25) is 0 Å². The van der Waals surface area contributed by atoms with Crippen LogP contribution in [0.25, 0.3) is 11.4 Å². The number of aromatic nitrogens is 4. The molecule has 1 aliphatic carbocycles. The van der Waals surface area contributed by atoms with Gasteiger partial charge in [0.15, 0.2) is 5.82 Å². The molecule has 0 radical (unpaired) electrons. The summed E-state index contributed by atoms with van der Waals surface area (Å²) in [6, 6.07) is 0. The fourth-order valence-electron chi connectivity index (χ4n) is 2.58. The highest BCUT2D eigenvalue weighted by Gasteiger charge is 2.17. The molecule has 5 heteroatoms. The van der Waals surface area contributed by atoms with Gasteiger partial charge >= 0.3 is 0 Å². The minimum absolute atomic E-state index is 0.642. The van der Waals surface area contributed by atoms with E-state index in [1.54, 1.807) is 0 Å². The monoisotopic (exact) mass is 257 g/mol. The molecule has 0 amide bonds. The average molecular weight is 257 g/mol. The predicted molar refractivity (Wildman–Crippen MR) is 74.6 cm³/mol. The largest absolute Gasteiger partial charge is 0.383 e. The van der Waals surface area contributed by atoms with Gasteiger partial charge in [-0.1, -0.05) is 6.92 Å². The number of anilines is 1. The van der Waals surface area contributed by atoms with Crippen LogP contribution < -0.4 is 5.73 Å². The number of fused-ring (bicyclic) bond motifs is 1. The number of nitrogens with two attached hydrogens (primary N) is 1. The van der Waals surface area contributed by atoms with E-state index in [0.29, 0.717) is 11.6 Å². The Kier molecular flexibility index (Phi) is 3.19. The minimum Gasteiger partial charge on any atom is -0.383 e. The molecule has 0 saturated carbocycles. The summed E-state index contributed by atoms with van der Waals surface area (Å²) in [5.41, 5.74) is 9.29. The third-order valence-electron chi connectivity index (χ3n) is 3.56. The van der Waals surface area contributed by atoms with E-state index in [-0.39, 0.29) is 0 Å². The fourth-order valence-corrected chi connectivity index (χ4v) is 2.58. The van der Waals surface area contributed by atoms with Gasteiger partial charge in [0.25, 0.3) is 0 Å². The summed E-state index contributed by atoms with van der Waals surface area (Å²) >= 11 is 0. The van der Waals surface area contributed by atoms with Gasteiger partial charge in [-0.2, -0.15) is 5.10 Å². The van der Waals surface area contributed by atoms with E-state index < -0.39 is 0 Å². The zero-order chi connectivity index (χ0) is 13.2. The molecule has 2 heterocycles. The zero-order valence-corrected chi connectivity index (χ0v) is 11.3. The molecule has 0 aromatic carbocycles. The lowest BCUT2D eigenvalue weighted by atomic mass is 9.96. The van der Waals surface area contributed by atoms with Crippen molar-refractivity contribution in [2.75, 3.05) is 5.73 Å². The molecule has 2 aromatic heterocycles. The van der Waals surface area contributed by atoms with E-state index in [1.807, 2.05) is 17.1 Å². The third kappa shape index (κ3) is 2.32. The molecule has 0 saturated heterocycles. The van der Waals surface area contributed by atoms with Gasteiger partial charge in [-0.15, -0.1) is 0 Å². The van der Waals surface area contributed by atoms with Gasteiger partial charge in [0, 0.05) is 24.0 Å². The SMILES string of the molecule is CCCn1cc(-c2nc(N)c3c(n2)CCCC3)cn1. The number of nitrogens with zero attached hydrogens (tertiary/aromatic N) is 4. The second kappa shape index (κ2) is 4.99. The molecule has 0 unspecified atom stereocenters. The van der Waals surface area contributed by atoms with Gasteiger partial charge in [-0.25, -0.2) is 9.97 Å². The van der Waals surface area contributed by atoms with Crippen molar-refractivity contribution in [3.63, 3.8) is 0 Å². The van der Waals surface area contributed by atoms with Crippen molar-refractivity contribution >= 4 is 5.82 Å². The van der Waals surface area contributed by atoms with Gasteiger partial charge in [0.1, 0.15) is 5.82 Å². The Labute approximate surface area is 112 Å². The Morgan fingerprint density at radius 3 is 2.95 bits per heavy atom. The maximum Gasteiger partial charge on any atom is 0.164 e. The predicted octanol–water partition coefficient (Wildman–Crippen LogP) is 2.21. The first-order valence-electron chi connectivity index (χ1n) is 6.96. The van der Waals surface area contributed by atoms with Crippen LogP contribution in [0.4, 0.5) is 5.82 Å². The van der Waals surface area contributed by atoms with E-state index in [1.165, 1.54) is 12.8 Å². The molecule has 2 N–H and O–H groups in total. The van der Waals surface area contributed by atoms with E-state index in [2.05, 4.69) is 22.0 Å². The van der Waals surface area contributed by atoms with Crippen LogP contribution in [0.3, 0.4) is 0 Å². The van der Waals surface area contributed by atoms with Crippen LogP contribution in [0.5, 0.6) is 0 Å². The first-order chi connectivity index (χ1) is 9.28. The maximum atomic E-state index is 6.07. The van der Waals surface area contributed by atoms with Crippen LogP contribution in [0.15, 0.2) is 12.4 Å². The van der Waals surface area contributed by atoms with Crippen LogP contribution in [-0.2, 0) is 19.4 Å². The Morgan fingerprint density at radius 1 is 1.26 bits per heavy atom. The van der Waals surface area contributed by atoms with E-state index >= 15 is 0 Å². The third-order valence-corrected chi connectivity index (χ3v) is 3.56. The Bertz CT molecular complexity index is 588. The standard InChI is InChI=1S/C14H19N5/c1-2-7-19-9-10(8-16-19)14-17-12-6-4-3-5-11(12)13(15)18-14/h8-9H,2-7H2,1H3,(H2,15,17,18). The molecular weight excluding hydrogens is 238 g/mol. The molecule has 100 valence electrons. The highest BCUT2D eigenvalue weighted by Crippen LogP contribution is 2.26. The van der Waals surface area contributed by atoms with Crippen molar-refractivity contribution < 1.29 is 0 Å². The summed E-state index contributed by atoms with van der Waals surface area (Å²) in [6.07, 6.45) is 9.28. The van der Waals surface area contributed by atoms with E-state index in [0.717, 1.165) is 42.6 Å². The van der Waals surface area contributed by atoms with Gasteiger partial charge < -0.3 is 5.73 Å².